The number of ether oxygens (including phenoxy) is 2. The molecule has 0 bridgehead atoms. The number of phenolic OH excluding ortho intramolecular Hbond substituents is 1. The molecule has 0 saturated heterocycles. The number of hydrogen-bond acceptors (Lipinski definition) is 4. The third-order valence-electron chi connectivity index (χ3n) is 3.96. The summed E-state index contributed by atoms with van der Waals surface area (Å²) in [6, 6.07) is 3.68. The van der Waals surface area contributed by atoms with Gasteiger partial charge in [-0.3, -0.25) is 0 Å². The van der Waals surface area contributed by atoms with Crippen molar-refractivity contribution in [1.82, 2.24) is 5.32 Å². The topological polar surface area (TPSA) is 50.7 Å². The molecule has 0 aliphatic heterocycles. The number of hydrogen-bond donors (Lipinski definition) is 2. The number of rotatable bonds is 8. The SMILES string of the molecule is COc1cc(CNCC(C(C)C)C(C)C)cc(OC)c1O. The maximum Gasteiger partial charge on any atom is 0.200 e. The van der Waals surface area contributed by atoms with E-state index in [1.165, 1.54) is 0 Å². The van der Waals surface area contributed by atoms with Crippen LogP contribution in [0.5, 0.6) is 17.2 Å². The molecule has 0 aromatic heterocycles. The van der Waals surface area contributed by atoms with E-state index in [0.717, 1.165) is 18.7 Å². The Morgan fingerprint density at radius 2 is 1.48 bits per heavy atom. The van der Waals surface area contributed by atoms with Gasteiger partial charge in [-0.15, -0.1) is 0 Å². The molecule has 1 aromatic rings. The summed E-state index contributed by atoms with van der Waals surface area (Å²) in [5.41, 5.74) is 1.03. The summed E-state index contributed by atoms with van der Waals surface area (Å²) in [4.78, 5) is 0. The van der Waals surface area contributed by atoms with Crippen molar-refractivity contribution in [3.63, 3.8) is 0 Å². The van der Waals surface area contributed by atoms with Crippen LogP contribution in [0.1, 0.15) is 33.3 Å². The largest absolute Gasteiger partial charge is 0.502 e. The molecule has 0 unspecified atom stereocenters. The van der Waals surface area contributed by atoms with Crippen molar-refractivity contribution < 1.29 is 14.6 Å². The van der Waals surface area contributed by atoms with Crippen molar-refractivity contribution in [2.45, 2.75) is 34.2 Å². The van der Waals surface area contributed by atoms with Crippen LogP contribution in [0.4, 0.5) is 0 Å². The standard InChI is InChI=1S/C17H29NO3/c1-11(2)14(12(3)4)10-18-9-13-7-15(20-5)17(19)16(8-13)21-6/h7-8,11-12,14,18-19H,9-10H2,1-6H3. The second-order valence-corrected chi connectivity index (χ2v) is 6.13. The monoisotopic (exact) mass is 295 g/mol. The number of benzene rings is 1. The molecule has 4 nitrogen and oxygen atoms in total. The summed E-state index contributed by atoms with van der Waals surface area (Å²) >= 11 is 0. The normalized spacial score (nSPS) is 11.5. The highest BCUT2D eigenvalue weighted by molar-refractivity contribution is 5.52. The molecule has 4 heteroatoms. The Kier molecular flexibility index (Phi) is 6.82. The molecule has 0 aliphatic carbocycles. The predicted molar refractivity (Wildman–Crippen MR) is 86.1 cm³/mol. The van der Waals surface area contributed by atoms with Crippen LogP contribution < -0.4 is 14.8 Å². The molecule has 0 amide bonds. The third-order valence-corrected chi connectivity index (χ3v) is 3.96. The van der Waals surface area contributed by atoms with Gasteiger partial charge in [-0.2, -0.15) is 0 Å². The Morgan fingerprint density at radius 3 is 1.86 bits per heavy atom. The molecule has 0 saturated carbocycles. The lowest BCUT2D eigenvalue weighted by atomic mass is 9.85. The van der Waals surface area contributed by atoms with E-state index in [0.29, 0.717) is 29.3 Å². The molecule has 0 fully saturated rings. The maximum absolute atomic E-state index is 9.90. The van der Waals surface area contributed by atoms with E-state index in [9.17, 15) is 5.11 Å². The highest BCUT2D eigenvalue weighted by Gasteiger charge is 2.17. The molecular formula is C17H29NO3. The van der Waals surface area contributed by atoms with Gasteiger partial charge in [0.25, 0.3) is 0 Å². The fourth-order valence-corrected chi connectivity index (χ4v) is 2.67. The lowest BCUT2D eigenvalue weighted by Gasteiger charge is -2.25. The highest BCUT2D eigenvalue weighted by Crippen LogP contribution is 2.37. The molecule has 0 radical (unpaired) electrons. The average Bonchev–Trinajstić information content (AvgIpc) is 2.43. The zero-order valence-corrected chi connectivity index (χ0v) is 14.1. The molecule has 2 N–H and O–H groups in total. The molecule has 0 spiro atoms. The first-order valence-electron chi connectivity index (χ1n) is 7.55. The van der Waals surface area contributed by atoms with Gasteiger partial charge in [0.2, 0.25) is 5.75 Å². The van der Waals surface area contributed by atoms with Crippen LogP contribution in [0.25, 0.3) is 0 Å². The molecule has 0 heterocycles. The van der Waals surface area contributed by atoms with E-state index in [4.69, 9.17) is 9.47 Å². The second-order valence-electron chi connectivity index (χ2n) is 6.13. The molecule has 0 atom stereocenters. The van der Waals surface area contributed by atoms with E-state index >= 15 is 0 Å². The summed E-state index contributed by atoms with van der Waals surface area (Å²) in [5.74, 6) is 2.88. The van der Waals surface area contributed by atoms with E-state index < -0.39 is 0 Å². The van der Waals surface area contributed by atoms with Gasteiger partial charge >= 0.3 is 0 Å². The van der Waals surface area contributed by atoms with Crippen LogP contribution in [0.3, 0.4) is 0 Å². The van der Waals surface area contributed by atoms with Crippen molar-refractivity contribution >= 4 is 0 Å². The Morgan fingerprint density at radius 1 is 1.00 bits per heavy atom. The lowest BCUT2D eigenvalue weighted by molar-refractivity contribution is 0.275. The second kappa shape index (κ2) is 8.13. The van der Waals surface area contributed by atoms with Crippen LogP contribution in [-0.4, -0.2) is 25.9 Å². The minimum Gasteiger partial charge on any atom is -0.502 e. The Balaban J connectivity index is 2.71. The first-order chi connectivity index (χ1) is 9.90. The summed E-state index contributed by atoms with van der Waals surface area (Å²) in [5, 5.41) is 13.4. The summed E-state index contributed by atoms with van der Waals surface area (Å²) in [6.07, 6.45) is 0. The summed E-state index contributed by atoms with van der Waals surface area (Å²) in [6.45, 7) is 10.7. The van der Waals surface area contributed by atoms with Crippen molar-refractivity contribution in [1.29, 1.82) is 0 Å². The zero-order valence-electron chi connectivity index (χ0n) is 14.1. The van der Waals surface area contributed by atoms with Crippen molar-refractivity contribution in [3.05, 3.63) is 17.7 Å². The predicted octanol–water partition coefficient (Wildman–Crippen LogP) is 3.43. The van der Waals surface area contributed by atoms with Gasteiger partial charge in [0.05, 0.1) is 14.2 Å². The van der Waals surface area contributed by atoms with Gasteiger partial charge in [-0.05, 0) is 42.0 Å². The quantitative estimate of drug-likeness (QED) is 0.771. The van der Waals surface area contributed by atoms with Crippen molar-refractivity contribution in [2.75, 3.05) is 20.8 Å². The zero-order chi connectivity index (χ0) is 16.0. The van der Waals surface area contributed by atoms with Crippen molar-refractivity contribution in [3.8, 4) is 17.2 Å². The average molecular weight is 295 g/mol. The van der Waals surface area contributed by atoms with Crippen molar-refractivity contribution in [2.24, 2.45) is 17.8 Å². The molecule has 1 rings (SSSR count). The van der Waals surface area contributed by atoms with E-state index in [2.05, 4.69) is 33.0 Å². The lowest BCUT2D eigenvalue weighted by Crippen LogP contribution is -2.29. The molecule has 1 aromatic carbocycles. The van der Waals surface area contributed by atoms with Crippen LogP contribution in [0.2, 0.25) is 0 Å². The number of methoxy groups -OCH3 is 2. The molecular weight excluding hydrogens is 266 g/mol. The van der Waals surface area contributed by atoms with E-state index in [1.54, 1.807) is 14.2 Å². The number of aromatic hydroxyl groups is 1. The third kappa shape index (κ3) is 4.81. The first-order valence-corrected chi connectivity index (χ1v) is 7.55. The van der Waals surface area contributed by atoms with Gasteiger partial charge < -0.3 is 19.9 Å². The highest BCUT2D eigenvalue weighted by atomic mass is 16.5. The Labute approximate surface area is 128 Å². The van der Waals surface area contributed by atoms with E-state index in [-0.39, 0.29) is 5.75 Å². The molecule has 120 valence electrons. The minimum atomic E-state index is 0.0472. The van der Waals surface area contributed by atoms with Crippen LogP contribution >= 0.6 is 0 Å². The summed E-state index contributed by atoms with van der Waals surface area (Å²) < 4.78 is 10.3. The molecule has 0 aliphatic rings. The van der Waals surface area contributed by atoms with Crippen LogP contribution in [-0.2, 0) is 6.54 Å². The van der Waals surface area contributed by atoms with Gasteiger partial charge in [-0.1, -0.05) is 27.7 Å². The fraction of sp³-hybridized carbons (Fsp3) is 0.647. The molecule has 21 heavy (non-hydrogen) atoms. The van der Waals surface area contributed by atoms with Crippen LogP contribution in [0.15, 0.2) is 12.1 Å². The van der Waals surface area contributed by atoms with Gasteiger partial charge in [0.15, 0.2) is 11.5 Å². The Bertz CT molecular complexity index is 411. The summed E-state index contributed by atoms with van der Waals surface area (Å²) in [7, 11) is 3.08. The number of phenols is 1. The minimum absolute atomic E-state index is 0.0472. The maximum atomic E-state index is 9.90. The van der Waals surface area contributed by atoms with Gasteiger partial charge in [0, 0.05) is 6.54 Å². The van der Waals surface area contributed by atoms with Gasteiger partial charge in [-0.25, -0.2) is 0 Å². The fourth-order valence-electron chi connectivity index (χ4n) is 2.67. The Hall–Kier alpha value is -1.42. The first kappa shape index (κ1) is 17.6. The van der Waals surface area contributed by atoms with E-state index in [1.807, 2.05) is 12.1 Å². The van der Waals surface area contributed by atoms with Crippen LogP contribution in [0, 0.1) is 17.8 Å². The smallest absolute Gasteiger partial charge is 0.200 e. The number of nitrogens with one attached hydrogen (secondary N) is 1. The van der Waals surface area contributed by atoms with Gasteiger partial charge in [0.1, 0.15) is 0 Å².